The number of hydrogen-bond donors (Lipinski definition) is 0. The van der Waals surface area contributed by atoms with Crippen molar-refractivity contribution in [2.75, 3.05) is 0 Å². The lowest BCUT2D eigenvalue weighted by molar-refractivity contribution is 0.108. The molecule has 0 fully saturated rings. The van der Waals surface area contributed by atoms with Gasteiger partial charge in [-0.1, -0.05) is 48.5 Å². The highest BCUT2D eigenvalue weighted by atomic mass is 35.5. The summed E-state index contributed by atoms with van der Waals surface area (Å²) in [6, 6.07) is 17.1. The Balaban J connectivity index is 0.00000128. The van der Waals surface area contributed by atoms with Crippen LogP contribution in [0.3, 0.4) is 0 Å². The molecular weight excluding hydrogens is 243 g/mol. The second kappa shape index (κ2) is 5.69. The predicted molar refractivity (Wildman–Crippen MR) is 69.3 cm³/mol. The summed E-state index contributed by atoms with van der Waals surface area (Å²) in [6.45, 7) is 0. The van der Waals surface area contributed by atoms with Crippen LogP contribution in [0.25, 0.3) is 11.1 Å². The Morgan fingerprint density at radius 3 is 2.06 bits per heavy atom. The molecule has 0 aliphatic heterocycles. The zero-order chi connectivity index (χ0) is 10.7. The van der Waals surface area contributed by atoms with E-state index in [4.69, 9.17) is 11.6 Å². The molecule has 0 unspecified atom stereocenters. The lowest BCUT2D eigenvalue weighted by Crippen LogP contribution is -1.92. The first kappa shape index (κ1) is 12.8. The van der Waals surface area contributed by atoms with E-state index in [0.717, 1.165) is 11.1 Å². The van der Waals surface area contributed by atoms with E-state index in [-0.39, 0.29) is 12.4 Å². The van der Waals surface area contributed by atoms with E-state index in [9.17, 15) is 4.79 Å². The summed E-state index contributed by atoms with van der Waals surface area (Å²) in [7, 11) is 0. The van der Waals surface area contributed by atoms with Crippen LogP contribution in [0.4, 0.5) is 0 Å². The summed E-state index contributed by atoms with van der Waals surface area (Å²) in [5, 5.41) is -0.422. The van der Waals surface area contributed by atoms with E-state index >= 15 is 0 Å². The molecule has 82 valence electrons. The van der Waals surface area contributed by atoms with E-state index in [1.807, 2.05) is 48.5 Å². The largest absolute Gasteiger partial charge is 0.276 e. The summed E-state index contributed by atoms with van der Waals surface area (Å²) < 4.78 is 0. The first-order valence-corrected chi connectivity index (χ1v) is 5.01. The minimum absolute atomic E-state index is 0. The van der Waals surface area contributed by atoms with Gasteiger partial charge in [-0.3, -0.25) is 4.79 Å². The third-order valence-corrected chi connectivity index (χ3v) is 2.43. The van der Waals surface area contributed by atoms with Crippen molar-refractivity contribution in [3.8, 4) is 11.1 Å². The zero-order valence-corrected chi connectivity index (χ0v) is 9.96. The molecule has 2 aromatic rings. The number of rotatable bonds is 2. The zero-order valence-electron chi connectivity index (χ0n) is 8.39. The number of hydrogen-bond acceptors (Lipinski definition) is 1. The quantitative estimate of drug-likeness (QED) is 0.734. The van der Waals surface area contributed by atoms with E-state index in [1.165, 1.54) is 0 Å². The monoisotopic (exact) mass is 252 g/mol. The molecule has 3 heteroatoms. The minimum Gasteiger partial charge on any atom is -0.276 e. The highest BCUT2D eigenvalue weighted by Gasteiger charge is 2.08. The molecule has 0 saturated heterocycles. The van der Waals surface area contributed by atoms with Crippen LogP contribution < -0.4 is 0 Å². The summed E-state index contributed by atoms with van der Waals surface area (Å²) >= 11 is 5.52. The maximum atomic E-state index is 11.2. The second-order valence-electron chi connectivity index (χ2n) is 3.19. The molecule has 0 aromatic heterocycles. The van der Waals surface area contributed by atoms with E-state index in [0.29, 0.717) is 5.56 Å². The van der Waals surface area contributed by atoms with Crippen molar-refractivity contribution in [2.45, 2.75) is 0 Å². The summed E-state index contributed by atoms with van der Waals surface area (Å²) in [4.78, 5) is 11.2. The van der Waals surface area contributed by atoms with Gasteiger partial charge >= 0.3 is 0 Å². The Morgan fingerprint density at radius 2 is 1.44 bits per heavy atom. The van der Waals surface area contributed by atoms with Crippen LogP contribution in [0, 0.1) is 0 Å². The molecule has 0 N–H and O–H groups in total. The molecule has 0 bridgehead atoms. The minimum atomic E-state index is -0.422. The third-order valence-electron chi connectivity index (χ3n) is 2.22. The van der Waals surface area contributed by atoms with E-state index < -0.39 is 5.24 Å². The molecule has 2 aromatic carbocycles. The predicted octanol–water partition coefficient (Wildman–Crippen LogP) is 4.15. The van der Waals surface area contributed by atoms with Crippen molar-refractivity contribution in [2.24, 2.45) is 0 Å². The first-order valence-electron chi connectivity index (χ1n) is 4.63. The van der Waals surface area contributed by atoms with Crippen LogP contribution in [-0.4, -0.2) is 5.24 Å². The smallest absolute Gasteiger partial charge is 0.253 e. The van der Waals surface area contributed by atoms with Crippen molar-refractivity contribution in [1.29, 1.82) is 0 Å². The molecule has 0 aliphatic carbocycles. The van der Waals surface area contributed by atoms with Crippen LogP contribution in [0.2, 0.25) is 0 Å². The standard InChI is InChI=1S/C13H9ClO.ClH/c14-13(15)12-9-5-4-8-11(12)10-6-2-1-3-7-10;/h1-9H;1H. The number of carbonyl (C=O) groups excluding carboxylic acids is 1. The Morgan fingerprint density at radius 1 is 0.875 bits per heavy atom. The molecular formula is C13H10Cl2O. The van der Waals surface area contributed by atoms with Crippen LogP contribution in [-0.2, 0) is 0 Å². The van der Waals surface area contributed by atoms with Gasteiger partial charge in [0.15, 0.2) is 0 Å². The molecule has 0 amide bonds. The van der Waals surface area contributed by atoms with Gasteiger partial charge in [0.25, 0.3) is 5.24 Å². The lowest BCUT2D eigenvalue weighted by atomic mass is 10.0. The summed E-state index contributed by atoms with van der Waals surface area (Å²) in [6.07, 6.45) is 0. The average molecular weight is 253 g/mol. The number of carbonyl (C=O) groups is 1. The Labute approximate surface area is 105 Å². The fraction of sp³-hybridized carbons (Fsp3) is 0. The molecule has 16 heavy (non-hydrogen) atoms. The maximum absolute atomic E-state index is 11.2. The van der Waals surface area contributed by atoms with Gasteiger partial charge in [-0.2, -0.15) is 0 Å². The van der Waals surface area contributed by atoms with Gasteiger partial charge < -0.3 is 0 Å². The SMILES string of the molecule is Cl.O=C(Cl)c1ccccc1-c1ccccc1. The van der Waals surface area contributed by atoms with E-state index in [1.54, 1.807) is 6.07 Å². The molecule has 0 radical (unpaired) electrons. The molecule has 0 heterocycles. The normalized spacial score (nSPS) is 9.31. The number of benzene rings is 2. The van der Waals surface area contributed by atoms with Gasteiger partial charge in [0.05, 0.1) is 0 Å². The average Bonchev–Trinajstić information content (AvgIpc) is 2.30. The second-order valence-corrected chi connectivity index (χ2v) is 3.53. The Bertz CT molecular complexity index is 480. The van der Waals surface area contributed by atoms with Gasteiger partial charge in [-0.05, 0) is 28.8 Å². The van der Waals surface area contributed by atoms with Crippen LogP contribution in [0.1, 0.15) is 10.4 Å². The van der Waals surface area contributed by atoms with E-state index in [2.05, 4.69) is 0 Å². The van der Waals surface area contributed by atoms with Gasteiger partial charge in [-0.15, -0.1) is 12.4 Å². The highest BCUT2D eigenvalue weighted by Crippen LogP contribution is 2.24. The Hall–Kier alpha value is -1.31. The molecule has 2 rings (SSSR count). The van der Waals surface area contributed by atoms with Gasteiger partial charge in [0, 0.05) is 5.56 Å². The van der Waals surface area contributed by atoms with Crippen molar-refractivity contribution in [3.63, 3.8) is 0 Å². The van der Waals surface area contributed by atoms with Crippen LogP contribution >= 0.6 is 24.0 Å². The molecule has 0 atom stereocenters. The molecule has 0 spiro atoms. The third kappa shape index (κ3) is 2.63. The maximum Gasteiger partial charge on any atom is 0.253 e. The van der Waals surface area contributed by atoms with Crippen LogP contribution in [0.5, 0.6) is 0 Å². The summed E-state index contributed by atoms with van der Waals surface area (Å²) in [5.74, 6) is 0. The highest BCUT2D eigenvalue weighted by molar-refractivity contribution is 6.68. The van der Waals surface area contributed by atoms with Gasteiger partial charge in [0.1, 0.15) is 0 Å². The Kier molecular flexibility index (Phi) is 4.53. The van der Waals surface area contributed by atoms with Crippen LogP contribution in [0.15, 0.2) is 54.6 Å². The van der Waals surface area contributed by atoms with Crippen molar-refractivity contribution in [1.82, 2.24) is 0 Å². The molecule has 0 saturated carbocycles. The van der Waals surface area contributed by atoms with Gasteiger partial charge in [-0.25, -0.2) is 0 Å². The topological polar surface area (TPSA) is 17.1 Å². The first-order chi connectivity index (χ1) is 7.29. The fourth-order valence-electron chi connectivity index (χ4n) is 1.52. The molecule has 0 aliphatic rings. The van der Waals surface area contributed by atoms with Crippen molar-refractivity contribution >= 4 is 29.3 Å². The lowest BCUT2D eigenvalue weighted by Gasteiger charge is -2.05. The fourth-order valence-corrected chi connectivity index (χ4v) is 1.69. The summed E-state index contributed by atoms with van der Waals surface area (Å²) in [5.41, 5.74) is 2.42. The van der Waals surface area contributed by atoms with Crippen molar-refractivity contribution in [3.05, 3.63) is 60.2 Å². The van der Waals surface area contributed by atoms with Crippen molar-refractivity contribution < 1.29 is 4.79 Å². The molecule has 1 nitrogen and oxygen atoms in total. The van der Waals surface area contributed by atoms with Gasteiger partial charge in [0.2, 0.25) is 0 Å². The number of halogens is 2.